The molecule has 0 aromatic rings. The van der Waals surface area contributed by atoms with Crippen molar-refractivity contribution in [1.29, 1.82) is 0 Å². The van der Waals surface area contributed by atoms with Gasteiger partial charge >= 0.3 is 5.97 Å². The monoisotopic (exact) mass is 194 g/mol. The van der Waals surface area contributed by atoms with Gasteiger partial charge in [-0.15, -0.1) is 0 Å². The second kappa shape index (κ2) is 3.76. The van der Waals surface area contributed by atoms with Gasteiger partial charge in [-0.25, -0.2) is 4.79 Å². The highest BCUT2D eigenvalue weighted by atomic mass is 16.5. The molecule has 78 valence electrons. The van der Waals surface area contributed by atoms with Crippen molar-refractivity contribution in [3.05, 3.63) is 12.2 Å². The van der Waals surface area contributed by atoms with Gasteiger partial charge in [-0.05, 0) is 50.4 Å². The number of carbonyl (C=O) groups excluding carboxylic acids is 1. The highest BCUT2D eigenvalue weighted by molar-refractivity contribution is 5.88. The summed E-state index contributed by atoms with van der Waals surface area (Å²) in [5.41, 5.74) is 0.733. The first-order valence-electron chi connectivity index (χ1n) is 5.60. The quantitative estimate of drug-likeness (QED) is 0.510. The van der Waals surface area contributed by atoms with Gasteiger partial charge in [-0.3, -0.25) is 0 Å². The van der Waals surface area contributed by atoms with Crippen molar-refractivity contribution < 1.29 is 9.53 Å². The van der Waals surface area contributed by atoms with E-state index in [1.165, 1.54) is 25.7 Å². The molecule has 0 atom stereocenters. The summed E-state index contributed by atoms with van der Waals surface area (Å²) >= 11 is 0. The van der Waals surface area contributed by atoms with E-state index < -0.39 is 0 Å². The van der Waals surface area contributed by atoms with Gasteiger partial charge in [-0.1, -0.05) is 6.58 Å². The van der Waals surface area contributed by atoms with Gasteiger partial charge in [0, 0.05) is 5.57 Å². The predicted molar refractivity (Wildman–Crippen MR) is 54.7 cm³/mol. The van der Waals surface area contributed by atoms with Gasteiger partial charge in [0.1, 0.15) is 0 Å². The Balaban J connectivity index is 2.01. The first kappa shape index (κ1) is 9.75. The Morgan fingerprint density at radius 2 is 1.79 bits per heavy atom. The summed E-state index contributed by atoms with van der Waals surface area (Å²) in [5.74, 6) is 1.71. The zero-order chi connectivity index (χ0) is 10.1. The number of hydrogen-bond acceptors (Lipinski definition) is 2. The molecule has 2 fully saturated rings. The zero-order valence-corrected chi connectivity index (χ0v) is 8.79. The van der Waals surface area contributed by atoms with E-state index in [0.717, 1.165) is 17.4 Å². The minimum absolute atomic E-state index is 0.170. The van der Waals surface area contributed by atoms with Crippen molar-refractivity contribution >= 4 is 5.97 Å². The lowest BCUT2D eigenvalue weighted by atomic mass is 9.90. The van der Waals surface area contributed by atoms with Gasteiger partial charge in [-0.2, -0.15) is 0 Å². The Morgan fingerprint density at radius 1 is 1.29 bits per heavy atom. The minimum Gasteiger partial charge on any atom is -0.463 e. The van der Waals surface area contributed by atoms with Crippen molar-refractivity contribution in [2.24, 2.45) is 17.8 Å². The zero-order valence-electron chi connectivity index (χ0n) is 8.79. The van der Waals surface area contributed by atoms with Crippen LogP contribution in [0.1, 0.15) is 32.6 Å². The summed E-state index contributed by atoms with van der Waals surface area (Å²) in [6.07, 6.45) is 5.14. The normalized spacial score (nSPS) is 34.5. The maximum absolute atomic E-state index is 11.5. The number of esters is 1. The van der Waals surface area contributed by atoms with Crippen molar-refractivity contribution in [3.8, 4) is 0 Å². The molecule has 2 heteroatoms. The largest absolute Gasteiger partial charge is 0.463 e. The van der Waals surface area contributed by atoms with Crippen LogP contribution in [0.15, 0.2) is 12.2 Å². The van der Waals surface area contributed by atoms with E-state index in [-0.39, 0.29) is 5.97 Å². The van der Waals surface area contributed by atoms with Crippen LogP contribution in [-0.2, 0) is 9.53 Å². The standard InChI is InChI=1S/C12H18O2/c1-3-14-12(13)8(2)11-9-4-5-10(11)7-6-9/h9-11H,2-7H2,1H3. The number of hydrogen-bond donors (Lipinski definition) is 0. The average molecular weight is 194 g/mol. The third-order valence-corrected chi connectivity index (χ3v) is 3.77. The molecular formula is C12H18O2. The highest BCUT2D eigenvalue weighted by Gasteiger charge is 2.44. The first-order valence-corrected chi connectivity index (χ1v) is 5.60. The fraction of sp³-hybridized carbons (Fsp3) is 0.750. The molecule has 2 aliphatic rings. The van der Waals surface area contributed by atoms with Crippen molar-refractivity contribution in [1.82, 2.24) is 0 Å². The van der Waals surface area contributed by atoms with Gasteiger partial charge in [0.25, 0.3) is 0 Å². The Hall–Kier alpha value is -0.790. The SMILES string of the molecule is C=C(C(=O)OCC)C1C2CCC1CC2. The molecule has 2 saturated carbocycles. The Morgan fingerprint density at radius 3 is 2.21 bits per heavy atom. The lowest BCUT2D eigenvalue weighted by Gasteiger charge is -2.16. The van der Waals surface area contributed by atoms with E-state index >= 15 is 0 Å². The molecular weight excluding hydrogens is 176 g/mol. The molecule has 2 nitrogen and oxygen atoms in total. The van der Waals surface area contributed by atoms with Crippen LogP contribution in [0.5, 0.6) is 0 Å². The fourth-order valence-electron chi connectivity index (χ4n) is 3.18. The van der Waals surface area contributed by atoms with Crippen LogP contribution in [-0.4, -0.2) is 12.6 Å². The third kappa shape index (κ3) is 1.47. The number of rotatable bonds is 3. The molecule has 0 aromatic carbocycles. The van der Waals surface area contributed by atoms with E-state index in [9.17, 15) is 4.79 Å². The molecule has 14 heavy (non-hydrogen) atoms. The summed E-state index contributed by atoms with van der Waals surface area (Å²) in [5, 5.41) is 0. The maximum atomic E-state index is 11.5. The van der Waals surface area contributed by atoms with Gasteiger partial charge < -0.3 is 4.74 Å². The third-order valence-electron chi connectivity index (χ3n) is 3.77. The van der Waals surface area contributed by atoms with E-state index in [0.29, 0.717) is 12.5 Å². The Bertz CT molecular complexity index is 237. The summed E-state index contributed by atoms with van der Waals surface area (Å²) in [4.78, 5) is 11.5. The predicted octanol–water partition coefficient (Wildman–Crippen LogP) is 2.54. The van der Waals surface area contributed by atoms with Crippen LogP contribution < -0.4 is 0 Å². The first-order chi connectivity index (χ1) is 6.74. The fourth-order valence-corrected chi connectivity index (χ4v) is 3.18. The minimum atomic E-state index is -0.170. The van der Waals surface area contributed by atoms with Crippen molar-refractivity contribution in [2.75, 3.05) is 6.61 Å². The van der Waals surface area contributed by atoms with Gasteiger partial charge in [0.05, 0.1) is 6.61 Å². The molecule has 0 spiro atoms. The molecule has 0 radical (unpaired) electrons. The average Bonchev–Trinajstić information content (AvgIpc) is 2.76. The van der Waals surface area contributed by atoms with E-state index in [1.807, 2.05) is 6.92 Å². The number of ether oxygens (including phenoxy) is 1. The second-order valence-electron chi connectivity index (χ2n) is 4.45. The van der Waals surface area contributed by atoms with Gasteiger partial charge in [0.15, 0.2) is 0 Å². The molecule has 0 unspecified atom stereocenters. The highest BCUT2D eigenvalue weighted by Crippen LogP contribution is 2.52. The summed E-state index contributed by atoms with van der Waals surface area (Å²) in [7, 11) is 0. The van der Waals surface area contributed by atoms with Crippen LogP contribution in [0.2, 0.25) is 0 Å². The molecule has 2 aliphatic carbocycles. The molecule has 0 N–H and O–H groups in total. The van der Waals surface area contributed by atoms with Crippen LogP contribution in [0, 0.1) is 17.8 Å². The summed E-state index contributed by atoms with van der Waals surface area (Å²) < 4.78 is 5.00. The topological polar surface area (TPSA) is 26.3 Å². The molecule has 0 heterocycles. The molecule has 0 aliphatic heterocycles. The molecule has 2 rings (SSSR count). The summed E-state index contributed by atoms with van der Waals surface area (Å²) in [6.45, 7) is 6.22. The molecule has 0 aromatic heterocycles. The van der Waals surface area contributed by atoms with Crippen LogP contribution in [0.4, 0.5) is 0 Å². The number of fused-ring (bicyclic) bond motifs is 2. The van der Waals surface area contributed by atoms with E-state index in [2.05, 4.69) is 6.58 Å². The lowest BCUT2D eigenvalue weighted by Crippen LogP contribution is -2.18. The van der Waals surface area contributed by atoms with Crippen molar-refractivity contribution in [2.45, 2.75) is 32.6 Å². The van der Waals surface area contributed by atoms with Crippen LogP contribution >= 0.6 is 0 Å². The van der Waals surface area contributed by atoms with Gasteiger partial charge in [0.2, 0.25) is 0 Å². The molecule has 0 saturated heterocycles. The Kier molecular flexibility index (Phi) is 2.62. The van der Waals surface area contributed by atoms with Crippen LogP contribution in [0.3, 0.4) is 0 Å². The van der Waals surface area contributed by atoms with E-state index in [4.69, 9.17) is 4.74 Å². The molecule has 2 bridgehead atoms. The van der Waals surface area contributed by atoms with Crippen molar-refractivity contribution in [3.63, 3.8) is 0 Å². The van der Waals surface area contributed by atoms with Crippen LogP contribution in [0.25, 0.3) is 0 Å². The Labute approximate surface area is 85.3 Å². The lowest BCUT2D eigenvalue weighted by molar-refractivity contribution is -0.139. The maximum Gasteiger partial charge on any atom is 0.333 e. The summed E-state index contributed by atoms with van der Waals surface area (Å²) in [6, 6.07) is 0. The second-order valence-corrected chi connectivity index (χ2v) is 4.45. The number of carbonyl (C=O) groups is 1. The van der Waals surface area contributed by atoms with E-state index in [1.54, 1.807) is 0 Å². The smallest absolute Gasteiger partial charge is 0.333 e. The molecule has 0 amide bonds.